The molecule has 0 aliphatic carbocycles. The number of nitrogens with zero attached hydrogens (tertiary/aromatic N) is 1. The van der Waals surface area contributed by atoms with Crippen molar-refractivity contribution >= 4 is 22.0 Å². The smallest absolute Gasteiger partial charge is 0.422 e. The summed E-state index contributed by atoms with van der Waals surface area (Å²) in [6.07, 6.45) is 0.765. The highest BCUT2D eigenvalue weighted by Crippen LogP contribution is 2.46. The molecule has 1 saturated heterocycles. The van der Waals surface area contributed by atoms with Gasteiger partial charge < -0.3 is 10.1 Å². The summed E-state index contributed by atoms with van der Waals surface area (Å²) < 4.78 is 34.1. The van der Waals surface area contributed by atoms with E-state index in [-0.39, 0.29) is 5.41 Å². The zero-order chi connectivity index (χ0) is 18.3. The highest BCUT2D eigenvalue weighted by molar-refractivity contribution is 7.91. The summed E-state index contributed by atoms with van der Waals surface area (Å²) in [6.45, 7) is 7.10. The van der Waals surface area contributed by atoms with Gasteiger partial charge in [-0.1, -0.05) is 18.2 Å². The summed E-state index contributed by atoms with van der Waals surface area (Å²) >= 11 is 0. The average molecular weight is 367 g/mol. The van der Waals surface area contributed by atoms with E-state index in [2.05, 4.69) is 5.32 Å². The van der Waals surface area contributed by atoms with Gasteiger partial charge in [0.1, 0.15) is 5.60 Å². The van der Waals surface area contributed by atoms with Gasteiger partial charge in [0, 0.05) is 12.0 Å². The minimum Gasteiger partial charge on any atom is -0.443 e. The first-order valence-corrected chi connectivity index (χ1v) is 9.91. The van der Waals surface area contributed by atoms with Crippen LogP contribution in [0.1, 0.15) is 39.2 Å². The van der Waals surface area contributed by atoms with Crippen molar-refractivity contribution in [2.75, 3.05) is 23.9 Å². The molecule has 0 bridgehead atoms. The average Bonchev–Trinajstić information content (AvgIpc) is 2.81. The highest BCUT2D eigenvalue weighted by atomic mass is 32.2. The van der Waals surface area contributed by atoms with Crippen LogP contribution in [0.5, 0.6) is 0 Å². The van der Waals surface area contributed by atoms with Gasteiger partial charge in [-0.05, 0) is 58.3 Å². The second-order valence-corrected chi connectivity index (χ2v) is 9.26. The summed E-state index contributed by atoms with van der Waals surface area (Å²) in [5.41, 5.74) is 0.704. The van der Waals surface area contributed by atoms with Gasteiger partial charge in [0.05, 0.1) is 5.69 Å². The van der Waals surface area contributed by atoms with Crippen LogP contribution >= 0.6 is 0 Å². The number of ether oxygens (including phenoxy) is 1. The molecule has 25 heavy (non-hydrogen) atoms. The van der Waals surface area contributed by atoms with E-state index in [0.717, 1.165) is 31.5 Å². The second-order valence-electron chi connectivity index (χ2n) is 7.66. The first-order chi connectivity index (χ1) is 11.6. The van der Waals surface area contributed by atoms with E-state index in [1.807, 2.05) is 22.9 Å². The zero-order valence-electron chi connectivity index (χ0n) is 14.8. The Morgan fingerprint density at radius 1 is 1.24 bits per heavy atom. The quantitative estimate of drug-likeness (QED) is 0.834. The fourth-order valence-corrected chi connectivity index (χ4v) is 4.79. The zero-order valence-corrected chi connectivity index (χ0v) is 15.6. The molecule has 1 spiro atoms. The number of carbonyl (C=O) groups is 1. The molecule has 2 heterocycles. The Hall–Kier alpha value is -1.80. The summed E-state index contributed by atoms with van der Waals surface area (Å²) in [7, 11) is -4.03. The van der Waals surface area contributed by atoms with Crippen molar-refractivity contribution in [2.45, 2.75) is 44.6 Å². The van der Waals surface area contributed by atoms with Crippen LogP contribution < -0.4 is 14.3 Å². The summed E-state index contributed by atoms with van der Waals surface area (Å²) in [6, 6.07) is 7.53. The molecule has 0 radical (unpaired) electrons. The van der Waals surface area contributed by atoms with Gasteiger partial charge in [-0.15, -0.1) is 0 Å². The lowest BCUT2D eigenvalue weighted by Gasteiger charge is -2.34. The minimum atomic E-state index is -4.03. The molecule has 0 atom stereocenters. The van der Waals surface area contributed by atoms with Gasteiger partial charge >= 0.3 is 16.3 Å². The maximum Gasteiger partial charge on any atom is 0.422 e. The van der Waals surface area contributed by atoms with Crippen LogP contribution in [0.25, 0.3) is 0 Å². The number of para-hydroxylation sites is 1. The Labute approximate surface area is 148 Å². The second kappa shape index (κ2) is 6.17. The Bertz CT molecular complexity index is 764. The third-order valence-electron chi connectivity index (χ3n) is 4.65. The predicted molar refractivity (Wildman–Crippen MR) is 95.9 cm³/mol. The van der Waals surface area contributed by atoms with E-state index in [1.165, 1.54) is 4.31 Å². The molecule has 0 unspecified atom stereocenters. The van der Waals surface area contributed by atoms with E-state index in [4.69, 9.17) is 4.74 Å². The summed E-state index contributed by atoms with van der Waals surface area (Å²) in [5, 5.41) is 3.32. The van der Waals surface area contributed by atoms with Crippen molar-refractivity contribution in [3.05, 3.63) is 29.8 Å². The number of fused-ring (bicyclic) bond motifs is 2. The monoisotopic (exact) mass is 367 g/mol. The van der Waals surface area contributed by atoms with Crippen molar-refractivity contribution in [3.8, 4) is 0 Å². The molecule has 2 aliphatic heterocycles. The molecular formula is C17H25N3O4S. The van der Waals surface area contributed by atoms with Gasteiger partial charge in [-0.3, -0.25) is 4.31 Å². The Morgan fingerprint density at radius 3 is 2.52 bits per heavy atom. The number of amides is 1. The number of anilines is 1. The Morgan fingerprint density at radius 2 is 1.88 bits per heavy atom. The molecule has 0 saturated carbocycles. The standard InChI is InChI=1S/C17H25N3O4S/c1-16(2,3)24-15(21)19-25(22,23)20-12-17(8-10-18-11-9-17)13-6-4-5-7-14(13)20/h4-7,18H,8-12H2,1-3H3,(H,19,21). The molecule has 1 aromatic carbocycles. The van der Waals surface area contributed by atoms with Crippen molar-refractivity contribution in [1.29, 1.82) is 0 Å². The normalized spacial score (nSPS) is 19.6. The number of hydrogen-bond acceptors (Lipinski definition) is 5. The lowest BCUT2D eigenvalue weighted by molar-refractivity contribution is 0.0570. The molecule has 1 fully saturated rings. The lowest BCUT2D eigenvalue weighted by atomic mass is 9.75. The lowest BCUT2D eigenvalue weighted by Crippen LogP contribution is -2.48. The molecule has 0 aromatic heterocycles. The van der Waals surface area contributed by atoms with E-state index >= 15 is 0 Å². The van der Waals surface area contributed by atoms with Crippen LogP contribution in [-0.2, 0) is 20.4 Å². The van der Waals surface area contributed by atoms with Gasteiger partial charge in [0.2, 0.25) is 0 Å². The summed E-state index contributed by atoms with van der Waals surface area (Å²) in [5.74, 6) is 0. The first-order valence-electron chi connectivity index (χ1n) is 8.47. The molecule has 8 heteroatoms. The topological polar surface area (TPSA) is 87.7 Å². The maximum atomic E-state index is 12.8. The molecular weight excluding hydrogens is 342 g/mol. The van der Waals surface area contributed by atoms with Gasteiger partial charge in [-0.2, -0.15) is 8.42 Å². The van der Waals surface area contributed by atoms with Crippen LogP contribution in [0, 0.1) is 0 Å². The van der Waals surface area contributed by atoms with Gasteiger partial charge in [0.25, 0.3) is 0 Å². The number of hydrogen-bond donors (Lipinski definition) is 2. The minimum absolute atomic E-state index is 0.204. The molecule has 2 aliphatic rings. The van der Waals surface area contributed by atoms with Gasteiger partial charge in [0.15, 0.2) is 0 Å². The van der Waals surface area contributed by atoms with Gasteiger partial charge in [-0.25, -0.2) is 9.52 Å². The maximum absolute atomic E-state index is 12.8. The number of piperidine rings is 1. The van der Waals surface area contributed by atoms with Crippen molar-refractivity contribution in [2.24, 2.45) is 0 Å². The van der Waals surface area contributed by atoms with Crippen molar-refractivity contribution in [1.82, 2.24) is 10.0 Å². The molecule has 1 aromatic rings. The number of nitrogens with one attached hydrogen (secondary N) is 2. The molecule has 7 nitrogen and oxygen atoms in total. The molecule has 1 amide bonds. The van der Waals surface area contributed by atoms with Crippen molar-refractivity contribution in [3.63, 3.8) is 0 Å². The van der Waals surface area contributed by atoms with Crippen LogP contribution in [0.4, 0.5) is 10.5 Å². The van der Waals surface area contributed by atoms with Crippen LogP contribution in [0.15, 0.2) is 24.3 Å². The van der Waals surface area contributed by atoms with Crippen molar-refractivity contribution < 1.29 is 17.9 Å². The summed E-state index contributed by atoms with van der Waals surface area (Å²) in [4.78, 5) is 12.0. The fourth-order valence-electron chi connectivity index (χ4n) is 3.59. The van der Waals surface area contributed by atoms with E-state index in [1.54, 1.807) is 26.8 Å². The van der Waals surface area contributed by atoms with E-state index in [0.29, 0.717) is 12.2 Å². The molecule has 3 rings (SSSR count). The first kappa shape index (κ1) is 18.0. The van der Waals surface area contributed by atoms with E-state index in [9.17, 15) is 13.2 Å². The van der Waals surface area contributed by atoms with Crippen LogP contribution in [0.3, 0.4) is 0 Å². The molecule has 138 valence electrons. The Kier molecular flexibility index (Phi) is 4.45. The third-order valence-corrected chi connectivity index (χ3v) is 5.98. The third kappa shape index (κ3) is 3.59. The SMILES string of the molecule is CC(C)(C)OC(=O)NS(=O)(=O)N1CC2(CCNCC2)c2ccccc21. The largest absolute Gasteiger partial charge is 0.443 e. The van der Waals surface area contributed by atoms with Crippen LogP contribution in [-0.4, -0.2) is 39.7 Å². The number of benzene rings is 1. The molecule has 2 N–H and O–H groups in total. The predicted octanol–water partition coefficient (Wildman–Crippen LogP) is 1.90. The number of rotatable bonds is 2. The highest BCUT2D eigenvalue weighted by Gasteiger charge is 2.47. The number of carbonyl (C=O) groups excluding carboxylic acids is 1. The fraction of sp³-hybridized carbons (Fsp3) is 0.588. The Balaban J connectivity index is 1.88. The van der Waals surface area contributed by atoms with Crippen LogP contribution in [0.2, 0.25) is 0 Å². The van der Waals surface area contributed by atoms with E-state index < -0.39 is 21.9 Å².